The van der Waals surface area contributed by atoms with Gasteiger partial charge in [-0.1, -0.05) is 67.7 Å². The molecule has 2 unspecified atom stereocenters. The summed E-state index contributed by atoms with van der Waals surface area (Å²) >= 11 is 0. The van der Waals surface area contributed by atoms with Crippen molar-refractivity contribution >= 4 is 13.6 Å². The summed E-state index contributed by atoms with van der Waals surface area (Å²) in [7, 11) is 2.14. The molecule has 0 saturated heterocycles. The summed E-state index contributed by atoms with van der Waals surface area (Å²) in [6.07, 6.45) is 26.9. The largest absolute Gasteiger partial charge is 0.463 e. The van der Waals surface area contributed by atoms with Crippen LogP contribution in [0.3, 0.4) is 0 Å². The summed E-state index contributed by atoms with van der Waals surface area (Å²) in [6.45, 7) is 2.72. The second-order valence-corrected chi connectivity index (χ2v) is 11.9. The van der Waals surface area contributed by atoms with E-state index in [1.165, 1.54) is 0 Å². The van der Waals surface area contributed by atoms with Gasteiger partial charge in [0.25, 0.3) is 0 Å². The van der Waals surface area contributed by atoms with E-state index in [-0.39, 0.29) is 38.2 Å². The van der Waals surface area contributed by atoms with Crippen LogP contribution in [0.25, 0.3) is 0 Å². The lowest BCUT2D eigenvalue weighted by atomic mass is 10.2. The minimum Gasteiger partial charge on any atom is -0.463 e. The number of esters is 1. The highest BCUT2D eigenvalue weighted by atomic mass is 31.2. The van der Waals surface area contributed by atoms with E-state index in [0.717, 1.165) is 38.5 Å². The van der Waals surface area contributed by atoms with Crippen LogP contribution in [-0.2, 0) is 18.6 Å². The van der Waals surface area contributed by atoms with Gasteiger partial charge in [-0.05, 0) is 51.4 Å². The predicted molar refractivity (Wildman–Crippen MR) is 153 cm³/mol. The molecule has 0 bridgehead atoms. The lowest BCUT2D eigenvalue weighted by Crippen LogP contribution is -2.37. The standard InChI is InChI=1S/C29H50NO6P/c1-5-6-7-8-9-10-11-12-13-14-15-16-17-18-19-20-21-22-29(32)35-27-28(31)23-26-37(33,34)36-25-24-30(2,3)4/h6-7,9-10,12-13,15-16,18-19,28,31H,5,8,11,14,17,20-27H2,1-4H3/p+1/b7-6-,10-9-,13-12-,16-15-,19-18-. The highest BCUT2D eigenvalue weighted by Gasteiger charge is 2.22. The normalized spacial score (nSPS) is 15.5. The Morgan fingerprint density at radius 2 is 1.41 bits per heavy atom. The van der Waals surface area contributed by atoms with Crippen LogP contribution in [0.5, 0.6) is 0 Å². The molecular weight excluding hydrogens is 489 g/mol. The first kappa shape index (κ1) is 35.2. The number of hydrogen-bond acceptors (Lipinski definition) is 5. The molecule has 0 amide bonds. The number of unbranched alkanes of at least 4 members (excludes halogenated alkanes) is 1. The molecule has 0 aliphatic heterocycles. The van der Waals surface area contributed by atoms with Gasteiger partial charge in [-0.3, -0.25) is 9.36 Å². The van der Waals surface area contributed by atoms with Crippen molar-refractivity contribution in [1.29, 1.82) is 0 Å². The molecule has 0 radical (unpaired) electrons. The minimum absolute atomic E-state index is 0.0332. The summed E-state index contributed by atoms with van der Waals surface area (Å²) in [5.74, 6) is -0.377. The number of carbonyl (C=O) groups excluding carboxylic acids is 1. The highest BCUT2D eigenvalue weighted by Crippen LogP contribution is 2.42. The first-order valence-corrected chi connectivity index (χ1v) is 15.2. The number of carbonyl (C=O) groups is 1. The van der Waals surface area contributed by atoms with Crippen LogP contribution < -0.4 is 0 Å². The van der Waals surface area contributed by atoms with Gasteiger partial charge in [0.1, 0.15) is 19.8 Å². The number of aliphatic hydroxyl groups is 1. The maximum Gasteiger partial charge on any atom is 0.328 e. The third kappa shape index (κ3) is 27.1. The van der Waals surface area contributed by atoms with Crippen molar-refractivity contribution in [2.75, 3.05) is 47.1 Å². The van der Waals surface area contributed by atoms with Gasteiger partial charge in [0.2, 0.25) is 0 Å². The van der Waals surface area contributed by atoms with Gasteiger partial charge in [0, 0.05) is 6.42 Å². The molecule has 7 nitrogen and oxygen atoms in total. The average Bonchev–Trinajstić information content (AvgIpc) is 2.82. The highest BCUT2D eigenvalue weighted by molar-refractivity contribution is 7.52. The van der Waals surface area contributed by atoms with Crippen LogP contribution in [0, 0.1) is 0 Å². The molecule has 2 N–H and O–H groups in total. The zero-order chi connectivity index (χ0) is 27.8. The Morgan fingerprint density at radius 3 is 1.92 bits per heavy atom. The Morgan fingerprint density at radius 1 is 0.892 bits per heavy atom. The number of quaternary nitrogens is 1. The molecule has 0 fully saturated rings. The third-order valence-corrected chi connectivity index (χ3v) is 6.56. The van der Waals surface area contributed by atoms with Crippen LogP contribution in [0.15, 0.2) is 60.8 Å². The molecule has 0 aliphatic rings. The Bertz CT molecular complexity index is 780. The van der Waals surface area contributed by atoms with Gasteiger partial charge in [-0.2, -0.15) is 0 Å². The Hall–Kier alpha value is -1.76. The summed E-state index contributed by atoms with van der Waals surface area (Å²) in [5, 5.41) is 9.94. The number of nitrogens with zero attached hydrogens (tertiary/aromatic N) is 1. The number of allylic oxidation sites excluding steroid dienone is 10. The van der Waals surface area contributed by atoms with Crippen molar-refractivity contribution in [1.82, 2.24) is 0 Å². The maximum atomic E-state index is 12.0. The van der Waals surface area contributed by atoms with Crippen LogP contribution in [0.4, 0.5) is 0 Å². The van der Waals surface area contributed by atoms with Gasteiger partial charge in [-0.15, -0.1) is 0 Å². The third-order valence-electron chi connectivity index (χ3n) is 5.15. The quantitative estimate of drug-likeness (QED) is 0.0566. The van der Waals surface area contributed by atoms with E-state index in [2.05, 4.69) is 67.7 Å². The molecule has 0 aromatic heterocycles. The Balaban J connectivity index is 3.78. The SMILES string of the molecule is CC/C=C\C/C=C\C/C=C\C/C=C\C/C=C\CCCC(=O)OCC(O)CCP(=O)(O)OCC[N+](C)(C)C. The Kier molecular flexibility index (Phi) is 21.2. The van der Waals surface area contributed by atoms with Crippen LogP contribution >= 0.6 is 7.60 Å². The number of aliphatic hydroxyl groups excluding tert-OH is 1. The number of likely N-dealkylation sites (N-methyl/N-ethyl adjacent to an activating group) is 1. The lowest BCUT2D eigenvalue weighted by molar-refractivity contribution is -0.870. The molecule has 2 atom stereocenters. The van der Waals surface area contributed by atoms with Crippen molar-refractivity contribution in [3.63, 3.8) is 0 Å². The first-order chi connectivity index (χ1) is 17.6. The van der Waals surface area contributed by atoms with Crippen molar-refractivity contribution in [2.45, 2.75) is 70.8 Å². The molecule has 0 spiro atoms. The van der Waals surface area contributed by atoms with Gasteiger partial charge < -0.3 is 23.7 Å². The van der Waals surface area contributed by atoms with Crippen molar-refractivity contribution in [3.8, 4) is 0 Å². The van der Waals surface area contributed by atoms with E-state index < -0.39 is 13.7 Å². The van der Waals surface area contributed by atoms with Crippen molar-refractivity contribution in [3.05, 3.63) is 60.8 Å². The molecule has 37 heavy (non-hydrogen) atoms. The average molecular weight is 541 g/mol. The fourth-order valence-electron chi connectivity index (χ4n) is 2.91. The monoisotopic (exact) mass is 540 g/mol. The van der Waals surface area contributed by atoms with Gasteiger partial charge in [0.15, 0.2) is 0 Å². The van der Waals surface area contributed by atoms with E-state index in [1.807, 2.05) is 21.1 Å². The first-order valence-electron chi connectivity index (χ1n) is 13.4. The fourth-order valence-corrected chi connectivity index (χ4v) is 4.03. The second-order valence-electron chi connectivity index (χ2n) is 9.93. The molecule has 212 valence electrons. The Labute approximate surface area is 225 Å². The zero-order valence-corrected chi connectivity index (χ0v) is 24.4. The lowest BCUT2D eigenvalue weighted by Gasteiger charge is -2.24. The number of rotatable bonds is 22. The molecular formula is C29H51NO6P+. The molecule has 0 aromatic carbocycles. The summed E-state index contributed by atoms with van der Waals surface area (Å²) in [5.41, 5.74) is 0. The van der Waals surface area contributed by atoms with E-state index in [1.54, 1.807) is 0 Å². The van der Waals surface area contributed by atoms with E-state index >= 15 is 0 Å². The summed E-state index contributed by atoms with van der Waals surface area (Å²) < 4.78 is 22.8. The smallest absolute Gasteiger partial charge is 0.328 e. The number of hydrogen-bond donors (Lipinski definition) is 2. The van der Waals surface area contributed by atoms with E-state index in [9.17, 15) is 19.4 Å². The topological polar surface area (TPSA) is 93.1 Å². The molecule has 0 aliphatic carbocycles. The van der Waals surface area contributed by atoms with Crippen molar-refractivity contribution in [2.24, 2.45) is 0 Å². The summed E-state index contributed by atoms with van der Waals surface area (Å²) in [6, 6.07) is 0. The van der Waals surface area contributed by atoms with Gasteiger partial charge in [0.05, 0.1) is 33.4 Å². The van der Waals surface area contributed by atoms with Crippen LogP contribution in [-0.4, -0.2) is 73.6 Å². The van der Waals surface area contributed by atoms with E-state index in [0.29, 0.717) is 17.4 Å². The molecule has 8 heteroatoms. The molecule has 0 rings (SSSR count). The molecule has 0 aromatic rings. The fraction of sp³-hybridized carbons (Fsp3) is 0.621. The van der Waals surface area contributed by atoms with Crippen LogP contribution in [0.1, 0.15) is 64.7 Å². The zero-order valence-electron chi connectivity index (χ0n) is 23.5. The van der Waals surface area contributed by atoms with Gasteiger partial charge >= 0.3 is 13.6 Å². The summed E-state index contributed by atoms with van der Waals surface area (Å²) in [4.78, 5) is 21.7. The van der Waals surface area contributed by atoms with E-state index in [4.69, 9.17) is 9.26 Å². The predicted octanol–water partition coefficient (Wildman–Crippen LogP) is 6.11. The van der Waals surface area contributed by atoms with Crippen molar-refractivity contribution < 1.29 is 33.1 Å². The number of ether oxygens (including phenoxy) is 1. The maximum absolute atomic E-state index is 12.0. The minimum atomic E-state index is -3.76. The molecule has 0 saturated carbocycles. The second kappa shape index (κ2) is 22.2. The van der Waals surface area contributed by atoms with Gasteiger partial charge in [-0.25, -0.2) is 0 Å². The van der Waals surface area contributed by atoms with Crippen LogP contribution in [0.2, 0.25) is 0 Å². The molecule has 0 heterocycles.